The Balaban J connectivity index is 2.01. The van der Waals surface area contributed by atoms with E-state index in [0.29, 0.717) is 25.1 Å². The summed E-state index contributed by atoms with van der Waals surface area (Å²) in [5.41, 5.74) is 0.494. The van der Waals surface area contributed by atoms with E-state index in [4.69, 9.17) is 9.84 Å². The fourth-order valence-electron chi connectivity index (χ4n) is 2.95. The van der Waals surface area contributed by atoms with Crippen molar-refractivity contribution < 1.29 is 23.8 Å². The highest BCUT2D eigenvalue weighted by Gasteiger charge is 2.26. The van der Waals surface area contributed by atoms with Crippen LogP contribution in [0.5, 0.6) is 0 Å². The Hall–Kier alpha value is -1.95. The van der Waals surface area contributed by atoms with Gasteiger partial charge in [0.05, 0.1) is 12.5 Å². The first kappa shape index (κ1) is 18.4. The molecule has 0 spiro atoms. The molecule has 1 saturated heterocycles. The molecule has 1 N–H and O–H groups in total. The topological polar surface area (TPSA) is 66.8 Å². The van der Waals surface area contributed by atoms with Crippen molar-refractivity contribution in [2.75, 3.05) is 19.7 Å². The number of rotatable bonds is 8. The molecule has 1 aliphatic rings. The van der Waals surface area contributed by atoms with E-state index in [1.807, 2.05) is 0 Å². The lowest BCUT2D eigenvalue weighted by Gasteiger charge is -2.27. The van der Waals surface area contributed by atoms with Crippen LogP contribution in [0.4, 0.5) is 4.39 Å². The molecule has 1 heterocycles. The van der Waals surface area contributed by atoms with Crippen molar-refractivity contribution in [1.82, 2.24) is 4.90 Å². The number of aliphatic carboxylic acids is 1. The molecule has 132 valence electrons. The molecule has 1 aromatic rings. The van der Waals surface area contributed by atoms with Crippen LogP contribution in [0, 0.1) is 11.7 Å². The molecule has 1 amide bonds. The van der Waals surface area contributed by atoms with Gasteiger partial charge in [0.2, 0.25) is 5.91 Å². The highest BCUT2D eigenvalue weighted by Crippen LogP contribution is 2.18. The first-order chi connectivity index (χ1) is 11.5. The number of benzene rings is 1. The van der Waals surface area contributed by atoms with Crippen LogP contribution >= 0.6 is 0 Å². The standard InChI is InChI=1S/C18H24FNO4/c1-13(11-14-5-2-3-7-16(14)19)18(23)20(9-8-17(21)22)12-15-6-4-10-24-15/h2-3,5,7,13,15H,4,6,8-12H2,1H3,(H,21,22)/t13-,15+/m0/s1. The molecule has 0 radical (unpaired) electrons. The van der Waals surface area contributed by atoms with Gasteiger partial charge >= 0.3 is 5.97 Å². The second kappa shape index (κ2) is 8.78. The van der Waals surface area contributed by atoms with E-state index in [9.17, 15) is 14.0 Å². The summed E-state index contributed by atoms with van der Waals surface area (Å²) in [6.07, 6.45) is 1.98. The summed E-state index contributed by atoms with van der Waals surface area (Å²) < 4.78 is 19.3. The first-order valence-electron chi connectivity index (χ1n) is 8.33. The molecule has 0 saturated carbocycles. The molecule has 5 nitrogen and oxygen atoms in total. The van der Waals surface area contributed by atoms with Crippen molar-refractivity contribution in [2.24, 2.45) is 5.92 Å². The van der Waals surface area contributed by atoms with Gasteiger partial charge in [-0.05, 0) is 30.9 Å². The fraction of sp³-hybridized carbons (Fsp3) is 0.556. The number of hydrogen-bond acceptors (Lipinski definition) is 3. The van der Waals surface area contributed by atoms with E-state index in [1.165, 1.54) is 6.07 Å². The smallest absolute Gasteiger partial charge is 0.305 e. The van der Waals surface area contributed by atoms with E-state index in [2.05, 4.69) is 0 Å². The minimum Gasteiger partial charge on any atom is -0.481 e. The molecule has 1 aromatic carbocycles. The number of carboxylic acid groups (broad SMARTS) is 1. The van der Waals surface area contributed by atoms with Crippen LogP contribution in [0.3, 0.4) is 0 Å². The van der Waals surface area contributed by atoms with E-state index in [0.717, 1.165) is 12.8 Å². The number of hydrogen-bond donors (Lipinski definition) is 1. The second-order valence-corrected chi connectivity index (χ2v) is 6.26. The van der Waals surface area contributed by atoms with Crippen molar-refractivity contribution in [3.63, 3.8) is 0 Å². The highest BCUT2D eigenvalue weighted by atomic mass is 19.1. The molecule has 6 heteroatoms. The van der Waals surface area contributed by atoms with Crippen molar-refractivity contribution >= 4 is 11.9 Å². The molecule has 24 heavy (non-hydrogen) atoms. The van der Waals surface area contributed by atoms with Crippen molar-refractivity contribution in [3.8, 4) is 0 Å². The largest absolute Gasteiger partial charge is 0.481 e. The van der Waals surface area contributed by atoms with Crippen LogP contribution < -0.4 is 0 Å². The lowest BCUT2D eigenvalue weighted by molar-refractivity contribution is -0.140. The maximum atomic E-state index is 13.8. The summed E-state index contributed by atoms with van der Waals surface area (Å²) in [7, 11) is 0. The Bertz CT molecular complexity index is 572. The van der Waals surface area contributed by atoms with E-state index >= 15 is 0 Å². The Morgan fingerprint density at radius 1 is 1.42 bits per heavy atom. The molecular formula is C18H24FNO4. The van der Waals surface area contributed by atoms with Crippen LogP contribution in [0.15, 0.2) is 24.3 Å². The predicted molar refractivity (Wildman–Crippen MR) is 87.1 cm³/mol. The zero-order valence-corrected chi connectivity index (χ0v) is 13.9. The third kappa shape index (κ3) is 5.30. The highest BCUT2D eigenvalue weighted by molar-refractivity contribution is 5.79. The number of halogens is 1. The van der Waals surface area contributed by atoms with Gasteiger partial charge in [-0.2, -0.15) is 0 Å². The quantitative estimate of drug-likeness (QED) is 0.791. The molecule has 1 fully saturated rings. The van der Waals surface area contributed by atoms with Crippen LogP contribution in [-0.2, 0) is 20.7 Å². The van der Waals surface area contributed by atoms with Crippen LogP contribution in [0.1, 0.15) is 31.7 Å². The summed E-state index contributed by atoms with van der Waals surface area (Å²) >= 11 is 0. The van der Waals surface area contributed by atoms with Gasteiger partial charge in [-0.15, -0.1) is 0 Å². The fourth-order valence-corrected chi connectivity index (χ4v) is 2.95. The minimum atomic E-state index is -0.943. The average Bonchev–Trinajstić information content (AvgIpc) is 3.05. The van der Waals surface area contributed by atoms with Gasteiger partial charge in [0.1, 0.15) is 5.82 Å². The van der Waals surface area contributed by atoms with Crippen molar-refractivity contribution in [3.05, 3.63) is 35.6 Å². The Labute approximate surface area is 141 Å². The second-order valence-electron chi connectivity index (χ2n) is 6.26. The van der Waals surface area contributed by atoms with Crippen LogP contribution in [-0.4, -0.2) is 47.7 Å². The van der Waals surface area contributed by atoms with Crippen LogP contribution in [0.2, 0.25) is 0 Å². The van der Waals surface area contributed by atoms with Gasteiger partial charge in [-0.3, -0.25) is 9.59 Å². The number of carbonyl (C=O) groups is 2. The van der Waals surface area contributed by atoms with Gasteiger partial charge in [-0.25, -0.2) is 4.39 Å². The normalized spacial score (nSPS) is 18.3. The predicted octanol–water partition coefficient (Wildman–Crippen LogP) is 2.49. The average molecular weight is 337 g/mol. The zero-order valence-electron chi connectivity index (χ0n) is 13.9. The van der Waals surface area contributed by atoms with Crippen molar-refractivity contribution in [2.45, 2.75) is 38.7 Å². The summed E-state index contributed by atoms with van der Waals surface area (Å²) in [5.74, 6) is -1.85. The molecular weight excluding hydrogens is 313 g/mol. The molecule has 2 rings (SSSR count). The van der Waals surface area contributed by atoms with Gasteiger partial charge in [-0.1, -0.05) is 25.1 Å². The van der Waals surface area contributed by atoms with E-state index in [-0.39, 0.29) is 30.8 Å². The van der Waals surface area contributed by atoms with Crippen LogP contribution in [0.25, 0.3) is 0 Å². The third-order valence-electron chi connectivity index (χ3n) is 4.26. The lowest BCUT2D eigenvalue weighted by Crippen LogP contribution is -2.42. The Kier molecular flexibility index (Phi) is 6.73. The van der Waals surface area contributed by atoms with Gasteiger partial charge < -0.3 is 14.7 Å². The monoisotopic (exact) mass is 337 g/mol. The Morgan fingerprint density at radius 2 is 2.17 bits per heavy atom. The summed E-state index contributed by atoms with van der Waals surface area (Å²) in [5, 5.41) is 8.90. The maximum absolute atomic E-state index is 13.8. The minimum absolute atomic E-state index is 0.0385. The SMILES string of the molecule is C[C@@H](Cc1ccccc1F)C(=O)N(CCC(=O)O)C[C@H]1CCCO1. The third-order valence-corrected chi connectivity index (χ3v) is 4.26. The zero-order chi connectivity index (χ0) is 17.5. The molecule has 0 unspecified atom stereocenters. The maximum Gasteiger partial charge on any atom is 0.305 e. The van der Waals surface area contributed by atoms with E-state index < -0.39 is 11.9 Å². The van der Waals surface area contributed by atoms with Gasteiger partial charge in [0.25, 0.3) is 0 Å². The Morgan fingerprint density at radius 3 is 2.79 bits per heavy atom. The molecule has 0 aliphatic carbocycles. The molecule has 2 atom stereocenters. The molecule has 1 aliphatic heterocycles. The number of amides is 1. The number of carboxylic acids is 1. The first-order valence-corrected chi connectivity index (χ1v) is 8.33. The van der Waals surface area contributed by atoms with Gasteiger partial charge in [0.15, 0.2) is 0 Å². The number of carbonyl (C=O) groups excluding carboxylic acids is 1. The number of nitrogens with zero attached hydrogens (tertiary/aromatic N) is 1. The van der Waals surface area contributed by atoms with Gasteiger partial charge in [0, 0.05) is 25.6 Å². The van der Waals surface area contributed by atoms with E-state index in [1.54, 1.807) is 30.0 Å². The summed E-state index contributed by atoms with van der Waals surface area (Å²) in [6.45, 7) is 2.97. The lowest BCUT2D eigenvalue weighted by atomic mass is 9.99. The van der Waals surface area contributed by atoms with Crippen molar-refractivity contribution in [1.29, 1.82) is 0 Å². The molecule has 0 aromatic heterocycles. The summed E-state index contributed by atoms with van der Waals surface area (Å²) in [6, 6.07) is 6.40. The number of ether oxygens (including phenoxy) is 1. The summed E-state index contributed by atoms with van der Waals surface area (Å²) in [4.78, 5) is 25.1. The molecule has 0 bridgehead atoms.